The number of ether oxygens (including phenoxy) is 1. The third kappa shape index (κ3) is 3.18. The Kier molecular flexibility index (Phi) is 4.27. The van der Waals surface area contributed by atoms with Gasteiger partial charge >= 0.3 is 5.97 Å². The zero-order chi connectivity index (χ0) is 16.6. The molecular weight excluding hydrogens is 387 g/mol. The lowest BCUT2D eigenvalue weighted by Gasteiger charge is -2.06. The van der Waals surface area contributed by atoms with Gasteiger partial charge < -0.3 is 4.74 Å². The number of hydrogen-bond acceptors (Lipinski definition) is 5. The Balaban J connectivity index is 1.82. The van der Waals surface area contributed by atoms with Gasteiger partial charge in [0.2, 0.25) is 0 Å². The van der Waals surface area contributed by atoms with Crippen molar-refractivity contribution in [2.45, 2.75) is 13.5 Å². The van der Waals surface area contributed by atoms with Gasteiger partial charge in [-0.05, 0) is 41.1 Å². The molecule has 2 heterocycles. The fourth-order valence-electron chi connectivity index (χ4n) is 2.05. The fourth-order valence-corrected chi connectivity index (χ4v) is 3.35. The van der Waals surface area contributed by atoms with E-state index in [0.29, 0.717) is 15.1 Å². The van der Waals surface area contributed by atoms with Crippen LogP contribution in [0.25, 0.3) is 4.96 Å². The van der Waals surface area contributed by atoms with E-state index < -0.39 is 11.8 Å². The highest BCUT2D eigenvalue weighted by Crippen LogP contribution is 2.19. The zero-order valence-electron chi connectivity index (χ0n) is 11.9. The monoisotopic (exact) mass is 396 g/mol. The molecule has 3 aromatic rings. The molecule has 0 saturated carbocycles. The minimum absolute atomic E-state index is 0.0785. The molecule has 0 fully saturated rings. The molecule has 0 aliphatic heterocycles. The number of rotatable bonds is 3. The highest BCUT2D eigenvalue weighted by Gasteiger charge is 2.14. The maximum absolute atomic E-state index is 13.2. The second kappa shape index (κ2) is 6.21. The predicted molar refractivity (Wildman–Crippen MR) is 87.3 cm³/mol. The van der Waals surface area contributed by atoms with Crippen molar-refractivity contribution in [1.82, 2.24) is 9.38 Å². The summed E-state index contributed by atoms with van der Waals surface area (Å²) in [6.07, 6.45) is 0. The molecule has 0 unspecified atom stereocenters. The normalized spacial score (nSPS) is 10.9. The molecule has 0 radical (unpaired) electrons. The molecule has 5 nitrogen and oxygen atoms in total. The Morgan fingerprint density at radius 2 is 2.22 bits per heavy atom. The van der Waals surface area contributed by atoms with Crippen LogP contribution in [0.4, 0.5) is 4.39 Å². The van der Waals surface area contributed by atoms with Crippen LogP contribution in [0.15, 0.2) is 38.9 Å². The Morgan fingerprint density at radius 3 is 3.00 bits per heavy atom. The highest BCUT2D eigenvalue weighted by molar-refractivity contribution is 9.10. The van der Waals surface area contributed by atoms with Crippen molar-refractivity contribution in [1.29, 1.82) is 0 Å². The smallest absolute Gasteiger partial charge is 0.339 e. The standard InChI is InChI=1S/C15H10BrFN2O3S/c1-8-7-23-15-18-10(5-13(20)19(8)15)6-22-14(21)11-4-9(17)2-3-12(11)16/h2-5,7H,6H2,1H3. The second-order valence-electron chi connectivity index (χ2n) is 4.78. The van der Waals surface area contributed by atoms with Gasteiger partial charge in [0.1, 0.15) is 12.4 Å². The van der Waals surface area contributed by atoms with Gasteiger partial charge in [-0.15, -0.1) is 11.3 Å². The third-order valence-electron chi connectivity index (χ3n) is 3.13. The molecule has 118 valence electrons. The first-order valence-corrected chi connectivity index (χ1v) is 8.22. The Morgan fingerprint density at radius 1 is 1.43 bits per heavy atom. The van der Waals surface area contributed by atoms with Crippen LogP contribution in [-0.2, 0) is 11.3 Å². The minimum atomic E-state index is -0.694. The van der Waals surface area contributed by atoms with Crippen LogP contribution in [0, 0.1) is 12.7 Å². The maximum atomic E-state index is 13.2. The number of hydrogen-bond donors (Lipinski definition) is 0. The van der Waals surface area contributed by atoms with Crippen molar-refractivity contribution in [2.75, 3.05) is 0 Å². The van der Waals surface area contributed by atoms with Crippen molar-refractivity contribution in [3.8, 4) is 0 Å². The van der Waals surface area contributed by atoms with E-state index in [2.05, 4.69) is 20.9 Å². The number of benzene rings is 1. The number of aryl methyl sites for hydroxylation is 1. The summed E-state index contributed by atoms with van der Waals surface area (Å²) in [5.74, 6) is -1.23. The van der Waals surface area contributed by atoms with E-state index in [1.807, 2.05) is 12.3 Å². The lowest BCUT2D eigenvalue weighted by Crippen LogP contribution is -2.16. The minimum Gasteiger partial charge on any atom is -0.456 e. The van der Waals surface area contributed by atoms with Gasteiger partial charge in [-0.1, -0.05) is 0 Å². The number of esters is 1. The van der Waals surface area contributed by atoms with Gasteiger partial charge in [0.05, 0.1) is 11.3 Å². The molecule has 1 aromatic carbocycles. The SMILES string of the molecule is Cc1csc2nc(COC(=O)c3cc(F)ccc3Br)cc(=O)n12. The van der Waals surface area contributed by atoms with Crippen LogP contribution >= 0.6 is 27.3 Å². The first-order valence-electron chi connectivity index (χ1n) is 6.54. The van der Waals surface area contributed by atoms with Gasteiger partial charge in [-0.2, -0.15) is 0 Å². The van der Waals surface area contributed by atoms with Gasteiger partial charge in [0.25, 0.3) is 5.56 Å². The average molecular weight is 397 g/mol. The molecule has 0 saturated heterocycles. The highest BCUT2D eigenvalue weighted by atomic mass is 79.9. The fraction of sp³-hybridized carbons (Fsp3) is 0.133. The van der Waals surface area contributed by atoms with Gasteiger partial charge in [-0.3, -0.25) is 9.20 Å². The lowest BCUT2D eigenvalue weighted by molar-refractivity contribution is 0.0466. The Bertz CT molecular complexity index is 967. The summed E-state index contributed by atoms with van der Waals surface area (Å²) in [5.41, 5.74) is 0.994. The number of thiazole rings is 1. The number of carbonyl (C=O) groups excluding carboxylic acids is 1. The predicted octanol–water partition coefficient (Wildman–Crippen LogP) is 3.32. The van der Waals surface area contributed by atoms with Gasteiger partial charge in [0, 0.05) is 21.6 Å². The summed E-state index contributed by atoms with van der Waals surface area (Å²) in [6, 6.07) is 5.06. The first-order chi connectivity index (χ1) is 11.0. The molecule has 8 heteroatoms. The van der Waals surface area contributed by atoms with E-state index in [4.69, 9.17) is 4.74 Å². The molecule has 0 aliphatic carbocycles. The molecule has 23 heavy (non-hydrogen) atoms. The van der Waals surface area contributed by atoms with E-state index in [-0.39, 0.29) is 17.7 Å². The molecule has 0 amide bonds. The van der Waals surface area contributed by atoms with Crippen LogP contribution in [0.2, 0.25) is 0 Å². The van der Waals surface area contributed by atoms with Crippen molar-refractivity contribution in [3.05, 3.63) is 67.2 Å². The topological polar surface area (TPSA) is 60.7 Å². The number of halogens is 2. The third-order valence-corrected chi connectivity index (χ3v) is 4.76. The van der Waals surface area contributed by atoms with E-state index in [9.17, 15) is 14.0 Å². The Hall–Kier alpha value is -2.06. The Labute approximate surface area is 142 Å². The van der Waals surface area contributed by atoms with E-state index in [1.165, 1.54) is 33.9 Å². The second-order valence-corrected chi connectivity index (χ2v) is 6.47. The summed E-state index contributed by atoms with van der Waals surface area (Å²) < 4.78 is 20.3. The van der Waals surface area contributed by atoms with Crippen LogP contribution in [-0.4, -0.2) is 15.4 Å². The molecular formula is C15H10BrFN2O3S. The number of aromatic nitrogens is 2. The molecule has 0 bridgehead atoms. The van der Waals surface area contributed by atoms with Crippen LogP contribution in [0.5, 0.6) is 0 Å². The summed E-state index contributed by atoms with van der Waals surface area (Å²) in [7, 11) is 0. The van der Waals surface area contributed by atoms with Crippen LogP contribution in [0.3, 0.4) is 0 Å². The van der Waals surface area contributed by atoms with Crippen LogP contribution < -0.4 is 5.56 Å². The van der Waals surface area contributed by atoms with Crippen LogP contribution in [0.1, 0.15) is 21.7 Å². The average Bonchev–Trinajstić information content (AvgIpc) is 2.89. The van der Waals surface area contributed by atoms with E-state index in [1.54, 1.807) is 0 Å². The molecule has 0 atom stereocenters. The van der Waals surface area contributed by atoms with E-state index in [0.717, 1.165) is 11.8 Å². The van der Waals surface area contributed by atoms with Gasteiger partial charge in [-0.25, -0.2) is 14.2 Å². The molecule has 0 spiro atoms. The summed E-state index contributed by atoms with van der Waals surface area (Å²) in [6.45, 7) is 1.65. The van der Waals surface area contributed by atoms with Crippen molar-refractivity contribution < 1.29 is 13.9 Å². The number of fused-ring (bicyclic) bond motifs is 1. The first kappa shape index (κ1) is 15.8. The maximum Gasteiger partial charge on any atom is 0.339 e. The summed E-state index contributed by atoms with van der Waals surface area (Å²) in [5, 5.41) is 1.82. The largest absolute Gasteiger partial charge is 0.456 e. The van der Waals surface area contributed by atoms with Gasteiger partial charge in [0.15, 0.2) is 4.96 Å². The number of carbonyl (C=O) groups is 1. The molecule has 2 aromatic heterocycles. The number of nitrogens with zero attached hydrogens (tertiary/aromatic N) is 2. The molecule has 3 rings (SSSR count). The zero-order valence-corrected chi connectivity index (χ0v) is 14.3. The van der Waals surface area contributed by atoms with Crippen molar-refractivity contribution >= 4 is 38.2 Å². The summed E-state index contributed by atoms with van der Waals surface area (Å²) >= 11 is 4.50. The van der Waals surface area contributed by atoms with Crippen molar-refractivity contribution in [2.24, 2.45) is 0 Å². The lowest BCUT2D eigenvalue weighted by atomic mass is 10.2. The quantitative estimate of drug-likeness (QED) is 0.637. The molecule has 0 aliphatic rings. The summed E-state index contributed by atoms with van der Waals surface area (Å²) in [4.78, 5) is 28.9. The van der Waals surface area contributed by atoms with E-state index >= 15 is 0 Å². The van der Waals surface area contributed by atoms with Crippen molar-refractivity contribution in [3.63, 3.8) is 0 Å². The molecule has 0 N–H and O–H groups in total.